The molecule has 2 heterocycles. The van der Waals surface area contributed by atoms with Gasteiger partial charge in [-0.25, -0.2) is 0 Å². The van der Waals surface area contributed by atoms with Gasteiger partial charge in [0.05, 0.1) is 25.6 Å². The number of aryl methyl sites for hydroxylation is 2. The van der Waals surface area contributed by atoms with E-state index < -0.39 is 20.2 Å². The number of fused-ring (bicyclic) bond motifs is 5. The third-order valence-corrected chi connectivity index (χ3v) is 12.9. The van der Waals surface area contributed by atoms with E-state index in [0.717, 1.165) is 63.3 Å². The van der Waals surface area contributed by atoms with E-state index in [1.165, 1.54) is 5.56 Å². The van der Waals surface area contributed by atoms with Gasteiger partial charge >= 0.3 is 0 Å². The van der Waals surface area contributed by atoms with Gasteiger partial charge in [-0.1, -0.05) is 32.9 Å². The zero-order valence-electron chi connectivity index (χ0n) is 21.4. The van der Waals surface area contributed by atoms with E-state index in [9.17, 15) is 4.79 Å². The van der Waals surface area contributed by atoms with Gasteiger partial charge in [0.1, 0.15) is 6.29 Å². The van der Waals surface area contributed by atoms with E-state index in [0.29, 0.717) is 13.2 Å². The van der Waals surface area contributed by atoms with E-state index in [4.69, 9.17) is 22.8 Å². The van der Waals surface area contributed by atoms with Crippen molar-refractivity contribution in [1.29, 1.82) is 0 Å². The molecule has 6 nitrogen and oxygen atoms in total. The van der Waals surface area contributed by atoms with Crippen LogP contribution >= 0.6 is 9.47 Å². The molecule has 8 heteroatoms. The largest absolute Gasteiger partial charge is 0.541 e. The number of hydrogen-bond acceptors (Lipinski definition) is 6. The first-order valence-corrected chi connectivity index (χ1v) is 15.7. The highest BCUT2D eigenvalue weighted by atomic mass is 31.0. The molecule has 2 atom stereocenters. The molecule has 0 N–H and O–H groups in total. The predicted octanol–water partition coefficient (Wildman–Crippen LogP) is 6.86. The quantitative estimate of drug-likeness (QED) is 0.203. The fourth-order valence-electron chi connectivity index (χ4n) is 5.27. The van der Waals surface area contributed by atoms with Crippen LogP contribution in [0.5, 0.6) is 5.75 Å². The average molecular weight is 515 g/mol. The van der Waals surface area contributed by atoms with Crippen molar-refractivity contribution in [2.75, 3.05) is 13.2 Å². The lowest BCUT2D eigenvalue weighted by Crippen LogP contribution is -2.44. The second-order valence-corrected chi connectivity index (χ2v) is 16.2. The summed E-state index contributed by atoms with van der Waals surface area (Å²) in [6.45, 7) is 14.6. The molecule has 0 saturated carbocycles. The van der Waals surface area contributed by atoms with Crippen molar-refractivity contribution < 1.29 is 27.6 Å². The van der Waals surface area contributed by atoms with Crippen LogP contribution in [0.2, 0.25) is 18.1 Å². The summed E-state index contributed by atoms with van der Waals surface area (Å²) in [7, 11) is 0.0635. The molecule has 188 valence electrons. The normalized spacial score (nSPS) is 18.5. The summed E-state index contributed by atoms with van der Waals surface area (Å²) >= 11 is 0. The second kappa shape index (κ2) is 8.67. The van der Waals surface area contributed by atoms with Gasteiger partial charge in [0.2, 0.25) is 0 Å². The maximum Gasteiger partial charge on any atom is 0.250 e. The highest BCUT2D eigenvalue weighted by Crippen LogP contribution is 2.52. The van der Waals surface area contributed by atoms with E-state index in [2.05, 4.69) is 62.4 Å². The monoisotopic (exact) mass is 514 g/mol. The third-order valence-electron chi connectivity index (χ3n) is 8.20. The van der Waals surface area contributed by atoms with Crippen molar-refractivity contribution in [1.82, 2.24) is 0 Å². The molecule has 2 aliphatic rings. The van der Waals surface area contributed by atoms with Crippen molar-refractivity contribution in [2.24, 2.45) is 0 Å². The molecule has 5 rings (SSSR count). The fraction of sp³-hybridized carbons (Fsp3) is 0.519. The van der Waals surface area contributed by atoms with Crippen LogP contribution in [0.25, 0.3) is 21.7 Å². The number of carbonyl (C=O) groups excluding carboxylic acids is 1. The Morgan fingerprint density at radius 3 is 2.54 bits per heavy atom. The number of hydrogen-bond donors (Lipinski definition) is 0. The van der Waals surface area contributed by atoms with Crippen LogP contribution in [0.3, 0.4) is 0 Å². The Kier molecular flexibility index (Phi) is 6.17. The molecule has 35 heavy (non-hydrogen) atoms. The Balaban J connectivity index is 1.84. The summed E-state index contributed by atoms with van der Waals surface area (Å²) in [6, 6.07) is 4.31. The van der Waals surface area contributed by atoms with Gasteiger partial charge in [-0.05, 0) is 48.0 Å². The van der Waals surface area contributed by atoms with Gasteiger partial charge in [-0.15, -0.1) is 0 Å². The third kappa shape index (κ3) is 3.79. The van der Waals surface area contributed by atoms with Crippen molar-refractivity contribution in [3.8, 4) is 5.75 Å². The maximum atomic E-state index is 11.4. The topological polar surface area (TPSA) is 67.1 Å². The number of aldehydes is 1. The second-order valence-electron chi connectivity index (χ2n) is 11.2. The minimum absolute atomic E-state index is 0.00598. The standard InChI is InChI=1S/C27H35O6PSi/c1-16-17-7-8-20-18(9-11-27(20)30-13-14-31-27)23(17)25(33-35(5,6)26(2,3)4)24-22(16)19(15-29-24)21(32-34)10-12-28/h7-8,12,15,21H,9-11,13-14,34H2,1-6H3. The van der Waals surface area contributed by atoms with Gasteiger partial charge in [-0.2, -0.15) is 0 Å². The number of benzene rings is 2. The van der Waals surface area contributed by atoms with E-state index in [1.54, 1.807) is 6.26 Å². The summed E-state index contributed by atoms with van der Waals surface area (Å²) in [5.74, 6) is 0.135. The van der Waals surface area contributed by atoms with Gasteiger partial charge in [-0.3, -0.25) is 0 Å². The molecule has 2 aromatic carbocycles. The van der Waals surface area contributed by atoms with Crippen LogP contribution in [-0.2, 0) is 31.0 Å². The summed E-state index contributed by atoms with van der Waals surface area (Å²) in [4.78, 5) is 11.4. The molecule has 1 spiro atoms. The van der Waals surface area contributed by atoms with E-state index >= 15 is 0 Å². The molecule has 0 bridgehead atoms. The zero-order valence-corrected chi connectivity index (χ0v) is 23.6. The first-order chi connectivity index (χ1) is 16.5. The lowest BCUT2D eigenvalue weighted by molar-refractivity contribution is -0.163. The lowest BCUT2D eigenvalue weighted by Gasteiger charge is -2.37. The smallest absolute Gasteiger partial charge is 0.250 e. The Morgan fingerprint density at radius 2 is 1.91 bits per heavy atom. The van der Waals surface area contributed by atoms with Gasteiger partial charge in [0.15, 0.2) is 17.1 Å². The zero-order chi connectivity index (χ0) is 25.2. The SMILES string of the molecule is Cc1c2ccc3c(c2c(O[Si](C)(C)C(C)(C)C)c2occ(C(CC=O)OP)c12)CCC31OCCO1. The van der Waals surface area contributed by atoms with Gasteiger partial charge in [0, 0.05) is 44.2 Å². The Hall–Kier alpha value is -1.76. The Bertz CT molecular complexity index is 1300. The van der Waals surface area contributed by atoms with Crippen LogP contribution in [0.15, 0.2) is 22.8 Å². The highest BCUT2D eigenvalue weighted by molar-refractivity contribution is 7.09. The molecule has 1 aromatic heterocycles. The molecule has 1 fully saturated rings. The van der Waals surface area contributed by atoms with E-state index in [-0.39, 0.29) is 11.5 Å². The van der Waals surface area contributed by atoms with Crippen molar-refractivity contribution in [2.45, 2.75) is 77.0 Å². The molecule has 1 saturated heterocycles. The molecule has 1 aliphatic heterocycles. The van der Waals surface area contributed by atoms with Crippen LogP contribution < -0.4 is 4.43 Å². The van der Waals surface area contributed by atoms with Gasteiger partial charge in [0.25, 0.3) is 8.32 Å². The molecule has 3 aromatic rings. The highest BCUT2D eigenvalue weighted by Gasteiger charge is 2.46. The number of ether oxygens (including phenoxy) is 2. The van der Waals surface area contributed by atoms with Crippen LogP contribution in [0, 0.1) is 6.92 Å². The molecular weight excluding hydrogens is 479 g/mol. The minimum Gasteiger partial charge on any atom is -0.541 e. The number of rotatable bonds is 6. The summed E-state index contributed by atoms with van der Waals surface area (Å²) in [5.41, 5.74) is 4.99. The van der Waals surface area contributed by atoms with Crippen molar-refractivity contribution >= 4 is 45.8 Å². The Labute approximate surface area is 210 Å². The number of carbonyl (C=O) groups is 1. The first kappa shape index (κ1) is 24.9. The average Bonchev–Trinajstić information content (AvgIpc) is 3.54. The summed E-state index contributed by atoms with van der Waals surface area (Å²) in [5, 5.41) is 3.18. The van der Waals surface area contributed by atoms with Crippen LogP contribution in [0.4, 0.5) is 0 Å². The minimum atomic E-state index is -2.23. The fourth-order valence-corrected chi connectivity index (χ4v) is 6.54. The Morgan fingerprint density at radius 1 is 1.20 bits per heavy atom. The lowest BCUT2D eigenvalue weighted by atomic mass is 9.92. The van der Waals surface area contributed by atoms with E-state index in [1.807, 2.05) is 0 Å². The van der Waals surface area contributed by atoms with Crippen LogP contribution in [0.1, 0.15) is 62.0 Å². The van der Waals surface area contributed by atoms with Gasteiger partial charge < -0.3 is 27.6 Å². The molecular formula is C27H35O6PSi. The van der Waals surface area contributed by atoms with Crippen LogP contribution in [-0.4, -0.2) is 27.8 Å². The van der Waals surface area contributed by atoms with Crippen molar-refractivity contribution in [3.05, 3.63) is 40.6 Å². The first-order valence-electron chi connectivity index (χ1n) is 12.3. The summed E-state index contributed by atoms with van der Waals surface area (Å²) in [6.07, 6.45) is 4.08. The summed E-state index contributed by atoms with van der Waals surface area (Å²) < 4.78 is 31.2. The maximum absolute atomic E-state index is 11.4. The van der Waals surface area contributed by atoms with Crippen molar-refractivity contribution in [3.63, 3.8) is 0 Å². The molecule has 2 unspecified atom stereocenters. The molecule has 1 aliphatic carbocycles. The molecule has 0 amide bonds. The predicted molar refractivity (Wildman–Crippen MR) is 142 cm³/mol. The number of furan rings is 1. The molecule has 0 radical (unpaired) electrons.